The molecule has 0 saturated heterocycles. The van der Waals surface area contributed by atoms with Gasteiger partial charge in [0.05, 0.1) is 30.4 Å². The van der Waals surface area contributed by atoms with Crippen molar-refractivity contribution in [3.63, 3.8) is 0 Å². The van der Waals surface area contributed by atoms with Gasteiger partial charge in [-0.25, -0.2) is 4.79 Å². The predicted molar refractivity (Wildman–Crippen MR) is 75.5 cm³/mol. The van der Waals surface area contributed by atoms with Gasteiger partial charge in [-0.15, -0.1) is 0 Å². The van der Waals surface area contributed by atoms with Crippen LogP contribution in [-0.2, 0) is 0 Å². The minimum absolute atomic E-state index is 0.135. The molecule has 0 aliphatic heterocycles. The van der Waals surface area contributed by atoms with Crippen LogP contribution in [0.25, 0.3) is 6.08 Å². The van der Waals surface area contributed by atoms with E-state index in [9.17, 15) is 19.8 Å². The molecular formula is C12H15BrN2O5. The first-order valence-electron chi connectivity index (χ1n) is 6.08. The molecule has 1 saturated carbocycles. The molecule has 0 spiro atoms. The Kier molecular flexibility index (Phi) is 4.59. The number of aliphatic hydroxyl groups excluding tert-OH is 3. The van der Waals surface area contributed by atoms with Crippen molar-refractivity contribution in [3.05, 3.63) is 37.6 Å². The molecule has 1 aromatic rings. The Morgan fingerprint density at radius 1 is 1.45 bits per heavy atom. The Hall–Kier alpha value is -1.22. The Bertz CT molecular complexity index is 623. The molecule has 2 rings (SSSR count). The Labute approximate surface area is 122 Å². The third-order valence-corrected chi connectivity index (χ3v) is 3.88. The summed E-state index contributed by atoms with van der Waals surface area (Å²) in [4.78, 5) is 27.1. The third-order valence-electron chi connectivity index (χ3n) is 3.62. The molecule has 8 heteroatoms. The van der Waals surface area contributed by atoms with Crippen molar-refractivity contribution in [2.45, 2.75) is 24.7 Å². The number of hydrogen-bond donors (Lipinski definition) is 4. The Morgan fingerprint density at radius 2 is 2.15 bits per heavy atom. The summed E-state index contributed by atoms with van der Waals surface area (Å²) in [5.41, 5.74) is -0.944. The lowest BCUT2D eigenvalue weighted by Gasteiger charge is -2.20. The second kappa shape index (κ2) is 6.04. The van der Waals surface area contributed by atoms with Crippen molar-refractivity contribution >= 4 is 22.0 Å². The third kappa shape index (κ3) is 2.64. The van der Waals surface area contributed by atoms with Crippen LogP contribution in [0.5, 0.6) is 0 Å². The van der Waals surface area contributed by atoms with Crippen LogP contribution in [0.15, 0.2) is 20.8 Å². The van der Waals surface area contributed by atoms with Gasteiger partial charge in [0.15, 0.2) is 0 Å². The van der Waals surface area contributed by atoms with Crippen molar-refractivity contribution in [2.75, 3.05) is 6.61 Å². The van der Waals surface area contributed by atoms with Gasteiger partial charge >= 0.3 is 5.69 Å². The van der Waals surface area contributed by atoms with E-state index in [0.717, 1.165) is 0 Å². The zero-order chi connectivity index (χ0) is 14.9. The zero-order valence-corrected chi connectivity index (χ0v) is 12.0. The molecule has 0 aromatic carbocycles. The first-order chi connectivity index (χ1) is 9.49. The maximum absolute atomic E-state index is 11.8. The van der Waals surface area contributed by atoms with Gasteiger partial charge in [-0.3, -0.25) is 14.3 Å². The van der Waals surface area contributed by atoms with Gasteiger partial charge < -0.3 is 15.3 Å². The van der Waals surface area contributed by atoms with Gasteiger partial charge in [0.25, 0.3) is 5.56 Å². The fourth-order valence-corrected chi connectivity index (χ4v) is 2.80. The predicted octanol–water partition coefficient (Wildman–Crippen LogP) is -0.823. The maximum atomic E-state index is 11.8. The molecule has 4 atom stereocenters. The van der Waals surface area contributed by atoms with Crippen molar-refractivity contribution in [1.29, 1.82) is 0 Å². The summed E-state index contributed by atoms with van der Waals surface area (Å²) in [6.07, 6.45) is 0.985. The van der Waals surface area contributed by atoms with Gasteiger partial charge in [0.1, 0.15) is 0 Å². The fraction of sp³-hybridized carbons (Fsp3) is 0.500. The number of halogens is 1. The summed E-state index contributed by atoms with van der Waals surface area (Å²) < 4.78 is 1.19. The molecule has 0 radical (unpaired) electrons. The molecular weight excluding hydrogens is 332 g/mol. The number of nitrogens with one attached hydrogen (secondary N) is 1. The number of aromatic nitrogens is 2. The second-order valence-corrected chi connectivity index (χ2v) is 5.28. The van der Waals surface area contributed by atoms with Crippen LogP contribution in [0.4, 0.5) is 0 Å². The largest absolute Gasteiger partial charge is 0.396 e. The van der Waals surface area contributed by atoms with Crippen LogP contribution in [0, 0.1) is 5.92 Å². The first kappa shape index (κ1) is 15.2. The van der Waals surface area contributed by atoms with E-state index < -0.39 is 35.4 Å². The summed E-state index contributed by atoms with van der Waals surface area (Å²) in [7, 11) is 0. The monoisotopic (exact) mass is 346 g/mol. The highest BCUT2D eigenvalue weighted by Crippen LogP contribution is 2.34. The van der Waals surface area contributed by atoms with Gasteiger partial charge in [0, 0.05) is 12.1 Å². The van der Waals surface area contributed by atoms with E-state index in [4.69, 9.17) is 5.11 Å². The van der Waals surface area contributed by atoms with E-state index in [1.165, 1.54) is 21.8 Å². The number of aromatic amines is 1. The number of hydrogen-bond acceptors (Lipinski definition) is 5. The lowest BCUT2D eigenvalue weighted by molar-refractivity contribution is 0.0207. The molecule has 0 amide bonds. The minimum Gasteiger partial charge on any atom is -0.396 e. The minimum atomic E-state index is -1.06. The van der Waals surface area contributed by atoms with Crippen LogP contribution in [0.2, 0.25) is 0 Å². The van der Waals surface area contributed by atoms with Crippen molar-refractivity contribution in [1.82, 2.24) is 9.55 Å². The number of H-pyrrole nitrogens is 1. The summed E-state index contributed by atoms with van der Waals surface area (Å²) in [5, 5.41) is 29.0. The van der Waals surface area contributed by atoms with Crippen molar-refractivity contribution < 1.29 is 15.3 Å². The molecule has 1 aromatic heterocycles. The van der Waals surface area contributed by atoms with E-state index in [1.54, 1.807) is 0 Å². The van der Waals surface area contributed by atoms with Crippen LogP contribution < -0.4 is 11.2 Å². The smallest absolute Gasteiger partial charge is 0.328 e. The molecule has 1 aliphatic rings. The molecule has 0 bridgehead atoms. The number of rotatable bonds is 3. The summed E-state index contributed by atoms with van der Waals surface area (Å²) in [6, 6.07) is -0.686. The molecule has 7 nitrogen and oxygen atoms in total. The Balaban J connectivity index is 2.46. The van der Waals surface area contributed by atoms with Crippen LogP contribution in [-0.4, -0.2) is 43.7 Å². The SMILES string of the molecule is O=c1[nH]c(=O)n([C@@H]2C[C@@H](O)[C@H](CO)[C@H]2O)cc1/C=C/Br. The van der Waals surface area contributed by atoms with Gasteiger partial charge in [-0.1, -0.05) is 15.9 Å². The van der Waals surface area contributed by atoms with Gasteiger partial charge in [-0.05, 0) is 17.5 Å². The standard InChI is InChI=1S/C12H15BrN2O5/c13-2-1-6-4-15(12(20)14-11(6)19)8-3-9(17)7(5-16)10(8)18/h1-2,4,7-10,16-18H,3,5H2,(H,14,19,20)/b2-1+/t7-,8+,9+,10+/m0/s1. The lowest BCUT2D eigenvalue weighted by Crippen LogP contribution is -2.37. The average Bonchev–Trinajstić information content (AvgIpc) is 2.68. The molecule has 1 heterocycles. The van der Waals surface area contributed by atoms with Crippen molar-refractivity contribution in [3.8, 4) is 0 Å². The highest BCUT2D eigenvalue weighted by atomic mass is 79.9. The highest BCUT2D eigenvalue weighted by molar-refractivity contribution is 9.11. The van der Waals surface area contributed by atoms with Crippen LogP contribution in [0.3, 0.4) is 0 Å². The molecule has 1 fully saturated rings. The second-order valence-electron chi connectivity index (χ2n) is 4.75. The van der Waals surface area contributed by atoms with Crippen LogP contribution >= 0.6 is 15.9 Å². The van der Waals surface area contributed by atoms with Crippen molar-refractivity contribution in [2.24, 2.45) is 5.92 Å². The van der Waals surface area contributed by atoms with E-state index in [-0.39, 0.29) is 18.6 Å². The van der Waals surface area contributed by atoms with E-state index in [2.05, 4.69) is 20.9 Å². The summed E-state index contributed by atoms with van der Waals surface area (Å²) >= 11 is 3.05. The Morgan fingerprint density at radius 3 is 2.70 bits per heavy atom. The van der Waals surface area contributed by atoms with E-state index >= 15 is 0 Å². The molecule has 110 valence electrons. The van der Waals surface area contributed by atoms with Crippen LogP contribution in [0.1, 0.15) is 18.0 Å². The summed E-state index contributed by atoms with van der Waals surface area (Å²) in [6.45, 7) is -0.370. The van der Waals surface area contributed by atoms with E-state index in [0.29, 0.717) is 0 Å². The highest BCUT2D eigenvalue weighted by Gasteiger charge is 2.42. The lowest BCUT2D eigenvalue weighted by atomic mass is 10.0. The van der Waals surface area contributed by atoms with E-state index in [1.807, 2.05) is 0 Å². The molecule has 20 heavy (non-hydrogen) atoms. The normalized spacial score (nSPS) is 30.2. The fourth-order valence-electron chi connectivity index (χ4n) is 2.52. The van der Waals surface area contributed by atoms with Gasteiger partial charge in [0.2, 0.25) is 0 Å². The summed E-state index contributed by atoms with van der Waals surface area (Å²) in [5.74, 6) is -0.700. The number of aliphatic hydroxyl groups is 3. The quantitative estimate of drug-likeness (QED) is 0.570. The zero-order valence-electron chi connectivity index (χ0n) is 10.4. The average molecular weight is 347 g/mol. The maximum Gasteiger partial charge on any atom is 0.328 e. The molecule has 4 N–H and O–H groups in total. The number of nitrogens with zero attached hydrogens (tertiary/aromatic N) is 1. The molecule has 1 aliphatic carbocycles. The first-order valence-corrected chi connectivity index (χ1v) is 7.00. The topological polar surface area (TPSA) is 116 Å². The molecule has 0 unspecified atom stereocenters. The van der Waals surface area contributed by atoms with Gasteiger partial charge in [-0.2, -0.15) is 0 Å².